The maximum Gasteiger partial charge on any atom is 0.254 e. The number of rotatable bonds is 6. The molecule has 0 N–H and O–H groups in total. The highest BCUT2D eigenvalue weighted by Crippen LogP contribution is 2.17. The fourth-order valence-corrected chi connectivity index (χ4v) is 3.50. The van der Waals surface area contributed by atoms with Gasteiger partial charge in [-0.2, -0.15) is 0 Å². The van der Waals surface area contributed by atoms with Gasteiger partial charge in [-0.3, -0.25) is 14.2 Å². The lowest BCUT2D eigenvalue weighted by Gasteiger charge is -2.26. The number of carbonyl (C=O) groups excluding carboxylic acids is 1. The molecule has 0 aliphatic carbocycles. The van der Waals surface area contributed by atoms with Crippen LogP contribution in [0.5, 0.6) is 0 Å². The van der Waals surface area contributed by atoms with Crippen LogP contribution < -0.4 is 5.56 Å². The van der Waals surface area contributed by atoms with Crippen molar-refractivity contribution in [1.29, 1.82) is 0 Å². The monoisotopic (exact) mass is 323 g/mol. The molecule has 0 atom stereocenters. The van der Waals surface area contributed by atoms with E-state index in [9.17, 15) is 9.59 Å². The number of piperidine rings is 1. The second kappa shape index (κ2) is 8.36. The molecule has 0 radical (unpaired) electrons. The normalized spacial score (nSPS) is 15.1. The Morgan fingerprint density at radius 1 is 1.32 bits per heavy atom. The Balaban J connectivity index is 1.80. The first-order chi connectivity index (χ1) is 10.6. The summed E-state index contributed by atoms with van der Waals surface area (Å²) in [6, 6.07) is 1.59. The minimum absolute atomic E-state index is 0.0151. The van der Waals surface area contributed by atoms with Gasteiger partial charge in [0.15, 0.2) is 5.16 Å². The van der Waals surface area contributed by atoms with Gasteiger partial charge in [-0.1, -0.05) is 18.7 Å². The van der Waals surface area contributed by atoms with E-state index in [0.717, 1.165) is 55.4 Å². The molecule has 2 heterocycles. The Morgan fingerprint density at radius 3 is 2.73 bits per heavy atom. The quantitative estimate of drug-likeness (QED) is 0.458. The van der Waals surface area contributed by atoms with Crippen LogP contribution >= 0.6 is 11.8 Å². The average Bonchev–Trinajstić information content (AvgIpc) is 2.55. The predicted molar refractivity (Wildman–Crippen MR) is 89.2 cm³/mol. The highest BCUT2D eigenvalue weighted by Gasteiger charge is 2.15. The maximum absolute atomic E-state index is 12.1. The summed E-state index contributed by atoms with van der Waals surface area (Å²) in [5.74, 6) is 1.08. The minimum atomic E-state index is -0.0151. The molecule has 1 saturated heterocycles. The fourth-order valence-electron chi connectivity index (χ4n) is 2.56. The van der Waals surface area contributed by atoms with Gasteiger partial charge in [-0.15, -0.1) is 0 Å². The van der Waals surface area contributed by atoms with E-state index in [1.165, 1.54) is 6.42 Å². The second-order valence-corrected chi connectivity index (χ2v) is 6.74. The number of aryl methyl sites for hydroxylation is 1. The molecule has 6 heteroatoms. The lowest BCUT2D eigenvalue weighted by molar-refractivity contribution is -0.132. The topological polar surface area (TPSA) is 55.2 Å². The molecule has 0 unspecified atom stereocenters. The first-order valence-corrected chi connectivity index (χ1v) is 9.08. The van der Waals surface area contributed by atoms with Gasteiger partial charge in [0.05, 0.1) is 0 Å². The second-order valence-electron chi connectivity index (χ2n) is 5.67. The summed E-state index contributed by atoms with van der Waals surface area (Å²) in [5.41, 5.74) is 0.814. The minimum Gasteiger partial charge on any atom is -0.343 e. The lowest BCUT2D eigenvalue weighted by Crippen LogP contribution is -2.35. The van der Waals surface area contributed by atoms with Gasteiger partial charge in [-0.05, 0) is 32.1 Å². The molecule has 0 spiro atoms. The van der Waals surface area contributed by atoms with E-state index in [-0.39, 0.29) is 11.5 Å². The van der Waals surface area contributed by atoms with Crippen LogP contribution in [-0.2, 0) is 18.3 Å². The number of aromatic nitrogens is 2. The number of likely N-dealkylation sites (tertiary alicyclic amines) is 1. The molecule has 1 aliphatic heterocycles. The molecule has 22 heavy (non-hydrogen) atoms. The number of nitrogens with zero attached hydrogens (tertiary/aromatic N) is 3. The van der Waals surface area contributed by atoms with Crippen molar-refractivity contribution >= 4 is 17.7 Å². The van der Waals surface area contributed by atoms with E-state index in [0.29, 0.717) is 6.42 Å². The zero-order chi connectivity index (χ0) is 15.9. The number of amides is 1. The molecule has 2 rings (SSSR count). The number of thioether (sulfide) groups is 1. The van der Waals surface area contributed by atoms with Crippen molar-refractivity contribution in [1.82, 2.24) is 14.5 Å². The third kappa shape index (κ3) is 4.60. The van der Waals surface area contributed by atoms with Gasteiger partial charge >= 0.3 is 0 Å². The summed E-state index contributed by atoms with van der Waals surface area (Å²) < 4.78 is 1.58. The van der Waals surface area contributed by atoms with Crippen LogP contribution in [0.4, 0.5) is 0 Å². The summed E-state index contributed by atoms with van der Waals surface area (Å²) in [4.78, 5) is 30.4. The van der Waals surface area contributed by atoms with Crippen molar-refractivity contribution < 1.29 is 4.79 Å². The van der Waals surface area contributed by atoms with E-state index in [4.69, 9.17) is 0 Å². The Labute approximate surface area is 136 Å². The summed E-state index contributed by atoms with van der Waals surface area (Å²) >= 11 is 1.56. The van der Waals surface area contributed by atoms with Crippen LogP contribution in [-0.4, -0.2) is 39.2 Å². The molecule has 1 aromatic heterocycles. The molecule has 1 aromatic rings. The molecule has 0 bridgehead atoms. The van der Waals surface area contributed by atoms with Gasteiger partial charge < -0.3 is 4.90 Å². The van der Waals surface area contributed by atoms with E-state index in [1.807, 2.05) is 11.8 Å². The maximum atomic E-state index is 12.1. The van der Waals surface area contributed by atoms with Crippen LogP contribution in [0.2, 0.25) is 0 Å². The van der Waals surface area contributed by atoms with Crippen molar-refractivity contribution in [3.8, 4) is 0 Å². The Morgan fingerprint density at radius 2 is 2.05 bits per heavy atom. The highest BCUT2D eigenvalue weighted by atomic mass is 32.2. The van der Waals surface area contributed by atoms with Gasteiger partial charge in [0, 0.05) is 44.1 Å². The molecule has 5 nitrogen and oxygen atoms in total. The fraction of sp³-hybridized carbons (Fsp3) is 0.688. The SMILES string of the molecule is CCc1cc(=O)n(C)c(SCCCC(=O)N2CCCCC2)n1. The Hall–Kier alpha value is -1.30. The summed E-state index contributed by atoms with van der Waals surface area (Å²) in [6.45, 7) is 3.83. The first kappa shape index (κ1) is 17.1. The summed E-state index contributed by atoms with van der Waals surface area (Å²) in [7, 11) is 1.75. The van der Waals surface area contributed by atoms with Crippen LogP contribution in [0.25, 0.3) is 0 Å². The average molecular weight is 323 g/mol. The number of hydrogen-bond acceptors (Lipinski definition) is 4. The van der Waals surface area contributed by atoms with Crippen molar-refractivity contribution in [3.05, 3.63) is 22.1 Å². The van der Waals surface area contributed by atoms with Gasteiger partial charge in [0.25, 0.3) is 5.56 Å². The summed E-state index contributed by atoms with van der Waals surface area (Å²) in [6.07, 6.45) is 5.69. The number of carbonyl (C=O) groups is 1. The standard InChI is InChI=1S/C16H25N3O2S/c1-3-13-12-15(21)18(2)16(17-13)22-11-7-8-14(20)19-9-5-4-6-10-19/h12H,3-11H2,1-2H3. The van der Waals surface area contributed by atoms with Crippen LogP contribution in [0.15, 0.2) is 16.0 Å². The largest absolute Gasteiger partial charge is 0.343 e. The van der Waals surface area contributed by atoms with Gasteiger partial charge in [0.2, 0.25) is 5.91 Å². The molecule has 1 aliphatic rings. The van der Waals surface area contributed by atoms with E-state index in [2.05, 4.69) is 4.98 Å². The zero-order valence-electron chi connectivity index (χ0n) is 13.5. The number of hydrogen-bond donors (Lipinski definition) is 0. The van der Waals surface area contributed by atoms with Crippen LogP contribution in [0, 0.1) is 0 Å². The molecule has 0 aromatic carbocycles. The smallest absolute Gasteiger partial charge is 0.254 e. The molecule has 1 amide bonds. The Bertz CT molecular complexity index is 565. The van der Waals surface area contributed by atoms with Crippen LogP contribution in [0.1, 0.15) is 44.7 Å². The van der Waals surface area contributed by atoms with Crippen molar-refractivity contribution in [3.63, 3.8) is 0 Å². The lowest BCUT2D eigenvalue weighted by atomic mass is 10.1. The van der Waals surface area contributed by atoms with E-state index < -0.39 is 0 Å². The third-order valence-corrected chi connectivity index (χ3v) is 5.10. The molecule has 122 valence electrons. The van der Waals surface area contributed by atoms with Gasteiger partial charge in [0.1, 0.15) is 0 Å². The molecular formula is C16H25N3O2S. The summed E-state index contributed by atoms with van der Waals surface area (Å²) in [5, 5.41) is 0.745. The third-order valence-electron chi connectivity index (χ3n) is 3.98. The zero-order valence-corrected chi connectivity index (χ0v) is 14.3. The van der Waals surface area contributed by atoms with E-state index in [1.54, 1.807) is 29.4 Å². The van der Waals surface area contributed by atoms with E-state index >= 15 is 0 Å². The molecular weight excluding hydrogens is 298 g/mol. The Kier molecular flexibility index (Phi) is 6.49. The molecule has 0 saturated carbocycles. The van der Waals surface area contributed by atoms with Crippen molar-refractivity contribution in [2.75, 3.05) is 18.8 Å². The highest BCUT2D eigenvalue weighted by molar-refractivity contribution is 7.99. The molecule has 1 fully saturated rings. The van der Waals surface area contributed by atoms with Gasteiger partial charge in [-0.25, -0.2) is 4.98 Å². The van der Waals surface area contributed by atoms with Crippen molar-refractivity contribution in [2.45, 2.75) is 50.6 Å². The predicted octanol–water partition coefficient (Wildman–Crippen LogP) is 2.23. The first-order valence-electron chi connectivity index (χ1n) is 8.09. The van der Waals surface area contributed by atoms with Crippen molar-refractivity contribution in [2.24, 2.45) is 7.05 Å². The van der Waals surface area contributed by atoms with Crippen LogP contribution in [0.3, 0.4) is 0 Å².